The molecule has 0 radical (unpaired) electrons. The summed E-state index contributed by atoms with van der Waals surface area (Å²) in [5.74, 6) is 0.00614. The number of rotatable bonds is 4. The molecule has 0 unspecified atom stereocenters. The van der Waals surface area contributed by atoms with Crippen LogP contribution >= 0.6 is 0 Å². The van der Waals surface area contributed by atoms with E-state index in [-0.39, 0.29) is 29.7 Å². The number of nitrogens with one attached hydrogen (secondary N) is 1. The molecule has 0 aliphatic carbocycles. The number of alkyl halides is 5. The highest BCUT2D eigenvalue weighted by Crippen LogP contribution is 2.36. The second-order valence-electron chi connectivity index (χ2n) is 7.34. The molecule has 4 rings (SSSR count). The normalized spacial score (nSPS) is 16.3. The Morgan fingerprint density at radius 2 is 1.78 bits per heavy atom. The number of hydrogen-bond donors (Lipinski definition) is 1. The molecule has 2 aromatic rings. The molecule has 2 aromatic heterocycles. The average Bonchev–Trinajstić information content (AvgIpc) is 3.16. The number of amides is 1. The molecule has 32 heavy (non-hydrogen) atoms. The fourth-order valence-electron chi connectivity index (χ4n) is 3.44. The number of hydrogen-bond acceptors (Lipinski definition) is 6. The van der Waals surface area contributed by atoms with E-state index in [0.29, 0.717) is 31.7 Å². The summed E-state index contributed by atoms with van der Waals surface area (Å²) in [6.45, 7) is 3.68. The van der Waals surface area contributed by atoms with Crippen LogP contribution in [0.1, 0.15) is 17.7 Å². The Labute approximate surface area is 181 Å². The minimum atomic E-state index is -4.57. The lowest BCUT2D eigenvalue weighted by atomic mass is 10.1. The van der Waals surface area contributed by atoms with Gasteiger partial charge in [0.1, 0.15) is 6.54 Å². The Morgan fingerprint density at radius 1 is 1.12 bits per heavy atom. The first kappa shape index (κ1) is 23.8. The van der Waals surface area contributed by atoms with Crippen molar-refractivity contribution in [3.8, 4) is 11.3 Å². The van der Waals surface area contributed by atoms with E-state index in [1.54, 1.807) is 16.0 Å². The molecular formula is C19H24F5N7O. The first-order valence-electron chi connectivity index (χ1n) is 10.1. The maximum Gasteiger partial charge on any atom is 0.433 e. The summed E-state index contributed by atoms with van der Waals surface area (Å²) < 4.78 is 61.2. The number of nitrogens with zero attached hydrogens (tertiary/aromatic N) is 6. The number of carbonyl (C=O) groups excluding carboxylic acids is 1. The van der Waals surface area contributed by atoms with E-state index in [2.05, 4.69) is 20.4 Å². The van der Waals surface area contributed by atoms with Crippen molar-refractivity contribution in [2.24, 2.45) is 0 Å². The molecule has 2 saturated heterocycles. The van der Waals surface area contributed by atoms with Gasteiger partial charge in [-0.05, 0) is 13.3 Å². The molecule has 4 heterocycles. The second-order valence-corrected chi connectivity index (χ2v) is 7.34. The van der Waals surface area contributed by atoms with E-state index < -0.39 is 18.8 Å². The van der Waals surface area contributed by atoms with E-state index in [4.69, 9.17) is 0 Å². The molecule has 1 amide bonds. The smallest absolute Gasteiger partial charge is 0.341 e. The fourth-order valence-corrected chi connectivity index (χ4v) is 3.44. The molecular weight excluding hydrogens is 437 g/mol. The van der Waals surface area contributed by atoms with Gasteiger partial charge in [0, 0.05) is 56.6 Å². The quantitative estimate of drug-likeness (QED) is 0.704. The summed E-state index contributed by atoms with van der Waals surface area (Å²) in [6.07, 6.45) is -0.661. The van der Waals surface area contributed by atoms with Gasteiger partial charge in [0.05, 0.1) is 11.9 Å². The lowest BCUT2D eigenvalue weighted by Crippen LogP contribution is -2.47. The maximum atomic E-state index is 13.5. The monoisotopic (exact) mass is 461 g/mol. The zero-order valence-electron chi connectivity index (χ0n) is 17.5. The molecule has 176 valence electrons. The van der Waals surface area contributed by atoms with Gasteiger partial charge in [-0.1, -0.05) is 0 Å². The second kappa shape index (κ2) is 10.2. The molecule has 13 heteroatoms. The summed E-state index contributed by atoms with van der Waals surface area (Å²) in [5.41, 5.74) is -0.357. The van der Waals surface area contributed by atoms with Gasteiger partial charge in [0.15, 0.2) is 5.69 Å². The van der Waals surface area contributed by atoms with E-state index in [9.17, 15) is 26.7 Å². The third-order valence-corrected chi connectivity index (χ3v) is 5.22. The fraction of sp³-hybridized carbons (Fsp3) is 0.579. The summed E-state index contributed by atoms with van der Waals surface area (Å²) >= 11 is 0. The van der Waals surface area contributed by atoms with E-state index in [1.807, 2.05) is 0 Å². The molecule has 0 spiro atoms. The SMILES string of the molecule is Cc1c(-c2cnn(CC(=O)N3CCNCC3)c2)nc(N2CCC2)nc1C(F)(F)F.FCF. The Bertz CT molecular complexity index is 923. The predicted octanol–water partition coefficient (Wildman–Crippen LogP) is 2.19. The van der Waals surface area contributed by atoms with Crippen LogP contribution in [0.15, 0.2) is 12.4 Å². The van der Waals surface area contributed by atoms with Crippen LogP contribution in [0.25, 0.3) is 11.3 Å². The standard InChI is InChI=1S/C18H22F3N7O.CH2F2/c1-12-15(24-17(27-5-2-6-27)25-16(12)18(19,20)21)13-9-23-28(10-13)11-14(29)26-7-3-22-4-8-26;2-1-3/h9-10,22H,2-8,11H2,1H3;1H2. The third kappa shape index (κ3) is 5.50. The van der Waals surface area contributed by atoms with Crippen LogP contribution in [0, 0.1) is 6.92 Å². The molecule has 0 bridgehead atoms. The summed E-state index contributed by atoms with van der Waals surface area (Å²) in [4.78, 5) is 24.0. The van der Waals surface area contributed by atoms with Gasteiger partial charge in [0.25, 0.3) is 0 Å². The first-order valence-corrected chi connectivity index (χ1v) is 10.1. The topological polar surface area (TPSA) is 79.2 Å². The van der Waals surface area contributed by atoms with Crippen molar-refractivity contribution in [1.82, 2.24) is 30.0 Å². The van der Waals surface area contributed by atoms with Gasteiger partial charge in [0.2, 0.25) is 18.8 Å². The molecule has 1 N–H and O–H groups in total. The Morgan fingerprint density at radius 3 is 2.34 bits per heavy atom. The maximum absolute atomic E-state index is 13.5. The van der Waals surface area contributed by atoms with Crippen LogP contribution in [-0.4, -0.2) is 76.8 Å². The third-order valence-electron chi connectivity index (χ3n) is 5.22. The zero-order valence-corrected chi connectivity index (χ0v) is 17.5. The van der Waals surface area contributed by atoms with Gasteiger partial charge in [-0.3, -0.25) is 9.48 Å². The van der Waals surface area contributed by atoms with Crippen LogP contribution in [0.2, 0.25) is 0 Å². The average molecular weight is 461 g/mol. The van der Waals surface area contributed by atoms with Crippen molar-refractivity contribution in [3.63, 3.8) is 0 Å². The highest BCUT2D eigenvalue weighted by atomic mass is 19.4. The summed E-state index contributed by atoms with van der Waals surface area (Å²) in [7, 11) is 0. The number of anilines is 1. The zero-order chi connectivity index (χ0) is 23.3. The lowest BCUT2D eigenvalue weighted by Gasteiger charge is -2.31. The molecule has 2 aliphatic rings. The number of halogens is 5. The molecule has 2 aliphatic heterocycles. The highest BCUT2D eigenvalue weighted by molar-refractivity contribution is 5.76. The van der Waals surface area contributed by atoms with Crippen molar-refractivity contribution < 1.29 is 26.7 Å². The summed E-state index contributed by atoms with van der Waals surface area (Å²) in [6, 6.07) is 0. The van der Waals surface area contributed by atoms with Crippen LogP contribution in [0.4, 0.5) is 27.9 Å². The minimum Gasteiger partial charge on any atom is -0.341 e. The van der Waals surface area contributed by atoms with Gasteiger partial charge in [-0.2, -0.15) is 18.3 Å². The van der Waals surface area contributed by atoms with Crippen LogP contribution in [-0.2, 0) is 17.5 Å². The number of aromatic nitrogens is 4. The molecule has 2 fully saturated rings. The van der Waals surface area contributed by atoms with Crippen molar-refractivity contribution in [1.29, 1.82) is 0 Å². The Hall–Kier alpha value is -2.83. The molecule has 0 saturated carbocycles. The van der Waals surface area contributed by atoms with Crippen molar-refractivity contribution in [2.45, 2.75) is 26.1 Å². The molecule has 8 nitrogen and oxygen atoms in total. The van der Waals surface area contributed by atoms with Crippen molar-refractivity contribution >= 4 is 11.9 Å². The molecule has 0 aromatic carbocycles. The lowest BCUT2D eigenvalue weighted by molar-refractivity contribution is -0.141. The number of piperazine rings is 1. The van der Waals surface area contributed by atoms with Crippen LogP contribution in [0.3, 0.4) is 0 Å². The van der Waals surface area contributed by atoms with Gasteiger partial charge >= 0.3 is 6.18 Å². The summed E-state index contributed by atoms with van der Waals surface area (Å²) in [5, 5.41) is 7.35. The van der Waals surface area contributed by atoms with Gasteiger partial charge in [-0.15, -0.1) is 0 Å². The van der Waals surface area contributed by atoms with Gasteiger partial charge in [-0.25, -0.2) is 18.7 Å². The van der Waals surface area contributed by atoms with Crippen molar-refractivity contribution in [2.75, 3.05) is 51.1 Å². The number of carbonyl (C=O) groups is 1. The Balaban J connectivity index is 0.000000913. The minimum absolute atomic E-state index is 0.0369. The highest BCUT2D eigenvalue weighted by Gasteiger charge is 2.37. The largest absolute Gasteiger partial charge is 0.433 e. The van der Waals surface area contributed by atoms with Crippen LogP contribution < -0.4 is 10.2 Å². The first-order chi connectivity index (χ1) is 15.2. The van der Waals surface area contributed by atoms with E-state index in [0.717, 1.165) is 19.5 Å². The van der Waals surface area contributed by atoms with Crippen molar-refractivity contribution in [3.05, 3.63) is 23.7 Å². The van der Waals surface area contributed by atoms with E-state index in [1.165, 1.54) is 17.8 Å². The Kier molecular flexibility index (Phi) is 7.59. The van der Waals surface area contributed by atoms with Crippen LogP contribution in [0.5, 0.6) is 0 Å². The molecule has 0 atom stereocenters. The van der Waals surface area contributed by atoms with E-state index >= 15 is 0 Å². The van der Waals surface area contributed by atoms with Gasteiger partial charge < -0.3 is 15.1 Å². The predicted molar refractivity (Wildman–Crippen MR) is 106 cm³/mol.